The number of halogens is 3. The average molecular weight is 376 g/mol. The highest BCUT2D eigenvalue weighted by Gasteiger charge is 2.12. The Bertz CT molecular complexity index is 735. The number of imidazole rings is 1. The lowest BCUT2D eigenvalue weighted by Gasteiger charge is -2.07. The zero-order valence-electron chi connectivity index (χ0n) is 9.74. The van der Waals surface area contributed by atoms with Crippen molar-refractivity contribution in [1.82, 2.24) is 9.55 Å². The summed E-state index contributed by atoms with van der Waals surface area (Å²) in [6.07, 6.45) is 0. The number of benzene rings is 1. The second-order valence-corrected chi connectivity index (χ2v) is 6.63. The van der Waals surface area contributed by atoms with Crippen molar-refractivity contribution in [2.45, 2.75) is 12.4 Å². The summed E-state index contributed by atoms with van der Waals surface area (Å²) in [7, 11) is 0. The first kappa shape index (κ1) is 13.4. The molecule has 2 heterocycles. The molecule has 98 valence electrons. The zero-order valence-corrected chi connectivity index (χ0v) is 13.7. The Kier molecular flexibility index (Phi) is 3.85. The van der Waals surface area contributed by atoms with E-state index in [0.717, 1.165) is 27.9 Å². The first-order chi connectivity index (χ1) is 9.19. The second kappa shape index (κ2) is 5.44. The third-order valence-corrected chi connectivity index (χ3v) is 5.29. The Hall–Kier alpha value is -0.550. The van der Waals surface area contributed by atoms with Crippen LogP contribution in [-0.2, 0) is 12.4 Å². The number of aromatic nitrogens is 2. The molecule has 2 nitrogen and oxygen atoms in total. The van der Waals surface area contributed by atoms with Crippen LogP contribution in [0.1, 0.15) is 10.7 Å². The normalized spacial score (nSPS) is 11.3. The topological polar surface area (TPSA) is 17.8 Å². The third kappa shape index (κ3) is 2.55. The van der Waals surface area contributed by atoms with Gasteiger partial charge in [0.15, 0.2) is 0 Å². The van der Waals surface area contributed by atoms with Gasteiger partial charge in [0.1, 0.15) is 5.82 Å². The maximum absolute atomic E-state index is 6.08. The van der Waals surface area contributed by atoms with Crippen molar-refractivity contribution in [3.8, 4) is 0 Å². The number of rotatable bonds is 3. The minimum Gasteiger partial charge on any atom is -0.322 e. The highest BCUT2D eigenvalue weighted by Crippen LogP contribution is 2.27. The molecule has 2 aromatic heterocycles. The van der Waals surface area contributed by atoms with Crippen LogP contribution in [0.3, 0.4) is 0 Å². The molecule has 0 spiro atoms. The van der Waals surface area contributed by atoms with Gasteiger partial charge in [0, 0.05) is 14.4 Å². The molecule has 0 fully saturated rings. The maximum Gasteiger partial charge on any atom is 0.125 e. The van der Waals surface area contributed by atoms with Crippen molar-refractivity contribution in [3.05, 3.63) is 49.8 Å². The van der Waals surface area contributed by atoms with Gasteiger partial charge in [-0.05, 0) is 45.6 Å². The van der Waals surface area contributed by atoms with Crippen molar-refractivity contribution in [1.29, 1.82) is 0 Å². The Morgan fingerprint density at radius 3 is 2.84 bits per heavy atom. The molecule has 0 bridgehead atoms. The molecule has 3 rings (SSSR count). The lowest BCUT2D eigenvalue weighted by molar-refractivity contribution is 0.787. The van der Waals surface area contributed by atoms with Gasteiger partial charge >= 0.3 is 0 Å². The first-order valence-corrected chi connectivity index (χ1v) is 8.20. The number of hydrogen-bond acceptors (Lipinski definition) is 2. The summed E-state index contributed by atoms with van der Waals surface area (Å²) in [5, 5.41) is 2.77. The molecule has 0 saturated heterocycles. The Labute approximate surface area is 133 Å². The van der Waals surface area contributed by atoms with Gasteiger partial charge in [-0.25, -0.2) is 4.98 Å². The van der Waals surface area contributed by atoms with Crippen LogP contribution >= 0.6 is 50.5 Å². The fourth-order valence-corrected chi connectivity index (χ4v) is 3.84. The third-order valence-electron chi connectivity index (χ3n) is 2.90. The number of thiophene rings is 1. The lowest BCUT2D eigenvalue weighted by atomic mass is 10.3. The van der Waals surface area contributed by atoms with Crippen LogP contribution in [0.4, 0.5) is 0 Å². The molecule has 6 heteroatoms. The fourth-order valence-electron chi connectivity index (χ4n) is 2.01. The Morgan fingerprint density at radius 1 is 1.32 bits per heavy atom. The summed E-state index contributed by atoms with van der Waals surface area (Å²) in [6.45, 7) is 0.747. The summed E-state index contributed by atoms with van der Waals surface area (Å²) in [4.78, 5) is 5.79. The minimum absolute atomic E-state index is 0.384. The molecule has 0 N–H and O–H groups in total. The summed E-state index contributed by atoms with van der Waals surface area (Å²) in [5.74, 6) is 1.24. The largest absolute Gasteiger partial charge is 0.322 e. The van der Waals surface area contributed by atoms with Crippen molar-refractivity contribution >= 4 is 61.5 Å². The SMILES string of the molecule is ClCc1nc2ccc(Cl)cc2n1Cc1sccc1Br. The van der Waals surface area contributed by atoms with E-state index in [0.29, 0.717) is 10.9 Å². The monoisotopic (exact) mass is 374 g/mol. The molecule has 3 aromatic rings. The van der Waals surface area contributed by atoms with Crippen LogP contribution in [-0.4, -0.2) is 9.55 Å². The molecular weight excluding hydrogens is 367 g/mol. The van der Waals surface area contributed by atoms with E-state index in [1.807, 2.05) is 24.3 Å². The molecule has 0 aliphatic carbocycles. The van der Waals surface area contributed by atoms with Crippen LogP contribution in [0.15, 0.2) is 34.1 Å². The van der Waals surface area contributed by atoms with Crippen LogP contribution in [0.5, 0.6) is 0 Å². The predicted octanol–water partition coefficient (Wildman–Crippen LogP) is 5.30. The van der Waals surface area contributed by atoms with Crippen LogP contribution < -0.4 is 0 Å². The smallest absolute Gasteiger partial charge is 0.125 e. The van der Waals surface area contributed by atoms with E-state index < -0.39 is 0 Å². The zero-order chi connectivity index (χ0) is 13.4. The van der Waals surface area contributed by atoms with Gasteiger partial charge in [-0.15, -0.1) is 22.9 Å². The van der Waals surface area contributed by atoms with Gasteiger partial charge in [0.05, 0.1) is 23.5 Å². The van der Waals surface area contributed by atoms with Crippen molar-refractivity contribution in [2.24, 2.45) is 0 Å². The standard InChI is InChI=1S/C13H9BrCl2N2S/c14-9-3-4-19-12(9)7-18-11-5-8(16)1-2-10(11)17-13(18)6-15/h1-5H,6-7H2. The molecule has 0 atom stereocenters. The minimum atomic E-state index is 0.384. The van der Waals surface area contributed by atoms with Crippen LogP contribution in [0.2, 0.25) is 5.02 Å². The highest BCUT2D eigenvalue weighted by molar-refractivity contribution is 9.10. The number of alkyl halides is 1. The van der Waals surface area contributed by atoms with Crippen molar-refractivity contribution in [3.63, 3.8) is 0 Å². The molecule has 1 aromatic carbocycles. The second-order valence-electron chi connectivity index (χ2n) is 4.07. The summed E-state index contributed by atoms with van der Waals surface area (Å²) >= 11 is 17.3. The van der Waals surface area contributed by atoms with Crippen molar-refractivity contribution < 1.29 is 0 Å². The van der Waals surface area contributed by atoms with E-state index in [2.05, 4.69) is 30.9 Å². The number of hydrogen-bond donors (Lipinski definition) is 0. The van der Waals surface area contributed by atoms with Gasteiger partial charge in [-0.2, -0.15) is 0 Å². The lowest BCUT2D eigenvalue weighted by Crippen LogP contribution is -2.02. The van der Waals surface area contributed by atoms with Gasteiger partial charge in [0.2, 0.25) is 0 Å². The molecule has 0 unspecified atom stereocenters. The fraction of sp³-hybridized carbons (Fsp3) is 0.154. The van der Waals surface area contributed by atoms with E-state index in [9.17, 15) is 0 Å². The Balaban J connectivity index is 2.15. The van der Waals surface area contributed by atoms with E-state index in [1.165, 1.54) is 4.88 Å². The summed E-state index contributed by atoms with van der Waals surface area (Å²) < 4.78 is 3.23. The maximum atomic E-state index is 6.08. The molecule has 0 amide bonds. The van der Waals surface area contributed by atoms with E-state index in [4.69, 9.17) is 23.2 Å². The quantitative estimate of drug-likeness (QED) is 0.568. The summed E-state index contributed by atoms with van der Waals surface area (Å²) in [6, 6.07) is 7.75. The van der Waals surface area contributed by atoms with Crippen LogP contribution in [0.25, 0.3) is 11.0 Å². The van der Waals surface area contributed by atoms with E-state index >= 15 is 0 Å². The van der Waals surface area contributed by atoms with Gasteiger partial charge < -0.3 is 4.57 Å². The molecule has 0 radical (unpaired) electrons. The van der Waals surface area contributed by atoms with Gasteiger partial charge in [-0.1, -0.05) is 11.6 Å². The van der Waals surface area contributed by atoms with Crippen molar-refractivity contribution in [2.75, 3.05) is 0 Å². The molecule has 0 aliphatic heterocycles. The van der Waals surface area contributed by atoms with E-state index in [1.54, 1.807) is 11.3 Å². The molecular formula is C13H9BrCl2N2S. The number of fused-ring (bicyclic) bond motifs is 1. The van der Waals surface area contributed by atoms with Gasteiger partial charge in [-0.3, -0.25) is 0 Å². The molecule has 0 saturated carbocycles. The van der Waals surface area contributed by atoms with Crippen LogP contribution in [0, 0.1) is 0 Å². The van der Waals surface area contributed by atoms with Gasteiger partial charge in [0.25, 0.3) is 0 Å². The number of nitrogens with zero attached hydrogens (tertiary/aromatic N) is 2. The Morgan fingerprint density at radius 2 is 2.16 bits per heavy atom. The highest BCUT2D eigenvalue weighted by atomic mass is 79.9. The molecule has 0 aliphatic rings. The molecule has 19 heavy (non-hydrogen) atoms. The predicted molar refractivity (Wildman–Crippen MR) is 85.4 cm³/mol. The summed E-state index contributed by atoms with van der Waals surface area (Å²) in [5.41, 5.74) is 1.94. The first-order valence-electron chi connectivity index (χ1n) is 5.61. The van der Waals surface area contributed by atoms with E-state index in [-0.39, 0.29) is 0 Å². The average Bonchev–Trinajstić information content (AvgIpc) is 2.95.